The van der Waals surface area contributed by atoms with Crippen LogP contribution in [0, 0.1) is 13.8 Å². The van der Waals surface area contributed by atoms with Crippen LogP contribution in [0.1, 0.15) is 22.3 Å². The van der Waals surface area contributed by atoms with Gasteiger partial charge >= 0.3 is 6.98 Å². The van der Waals surface area contributed by atoms with E-state index in [1.165, 1.54) is 13.0 Å². The fourth-order valence-corrected chi connectivity index (χ4v) is 1.91. The number of hydrogen-bond donors (Lipinski definition) is 1. The van der Waals surface area contributed by atoms with Gasteiger partial charge in [0.2, 0.25) is 0 Å². The van der Waals surface area contributed by atoms with Gasteiger partial charge in [-0.05, 0) is 42.1 Å². The van der Waals surface area contributed by atoms with Gasteiger partial charge in [-0.3, -0.25) is 0 Å². The lowest BCUT2D eigenvalue weighted by Crippen LogP contribution is -2.21. The number of hydrogen-bond acceptors (Lipinski definition) is 2. The van der Waals surface area contributed by atoms with E-state index in [0.717, 1.165) is 0 Å². The van der Waals surface area contributed by atoms with E-state index >= 15 is 0 Å². The quantitative estimate of drug-likeness (QED) is 0.380. The highest BCUT2D eigenvalue weighted by Gasteiger charge is 2.26. The molecular weight excluding hydrogens is 244 g/mol. The number of nitrogens with zero attached hydrogens (tertiary/aromatic N) is 3. The van der Waals surface area contributed by atoms with Gasteiger partial charge in [-0.2, -0.15) is 0 Å². The minimum Gasteiger partial charge on any atom is -0.449 e. The monoisotopic (exact) mass is 257 g/mol. The molecule has 0 aliphatic rings. The predicted molar refractivity (Wildman–Crippen MR) is 65.4 cm³/mol. The molecule has 8 heteroatoms. The number of benzene rings is 1. The number of azide groups is 1. The summed E-state index contributed by atoms with van der Waals surface area (Å²) in [6, 6.07) is 1.54. The van der Waals surface area contributed by atoms with Crippen LogP contribution in [0.2, 0.25) is 0 Å². The third-order valence-electron chi connectivity index (χ3n) is 2.89. The number of rotatable bonds is 4. The molecule has 0 radical (unpaired) electrons. The van der Waals surface area contributed by atoms with Gasteiger partial charge in [-0.1, -0.05) is 17.0 Å². The smallest absolute Gasteiger partial charge is 0.449 e. The van der Waals surface area contributed by atoms with Crippen molar-refractivity contribution in [2.75, 3.05) is 0 Å². The second-order valence-electron chi connectivity index (χ2n) is 4.09. The average molecular weight is 257 g/mol. The maximum absolute atomic E-state index is 12.6. The molecule has 1 aromatic rings. The first-order valence-corrected chi connectivity index (χ1v) is 5.38. The Kier molecular flexibility index (Phi) is 4.26. The van der Waals surface area contributed by atoms with E-state index in [1.54, 1.807) is 6.92 Å². The minimum absolute atomic E-state index is 0.109. The molecule has 0 amide bonds. The van der Waals surface area contributed by atoms with Crippen molar-refractivity contribution in [2.24, 2.45) is 10.8 Å². The van der Waals surface area contributed by atoms with Gasteiger partial charge < -0.3 is 18.7 Å². The third kappa shape index (κ3) is 3.18. The Morgan fingerprint density at radius 3 is 2.39 bits per heavy atom. The van der Waals surface area contributed by atoms with Crippen molar-refractivity contribution in [2.45, 2.75) is 26.7 Å². The Bertz CT molecular complexity index is 507. The first-order chi connectivity index (χ1) is 8.30. The van der Waals surface area contributed by atoms with Crippen LogP contribution in [0.5, 0.6) is 0 Å². The molecule has 98 valence electrons. The molecule has 0 aromatic heterocycles. The maximum Gasteiger partial charge on any atom is 0.482 e. The Balaban J connectivity index is 3.46. The van der Waals surface area contributed by atoms with Crippen LogP contribution in [0.3, 0.4) is 0 Å². The Hall–Kier alpha value is -1.66. The zero-order valence-corrected chi connectivity index (χ0v) is 10.1. The van der Waals surface area contributed by atoms with Crippen LogP contribution in [-0.4, -0.2) is 6.98 Å². The molecule has 0 aliphatic carbocycles. The zero-order valence-electron chi connectivity index (χ0n) is 10.1. The molecule has 0 saturated carbocycles. The number of halogens is 3. The van der Waals surface area contributed by atoms with E-state index in [1.807, 2.05) is 0 Å². The normalized spacial score (nSPS) is 11.2. The molecule has 0 unspecified atom stereocenters. The van der Waals surface area contributed by atoms with E-state index in [2.05, 4.69) is 10.0 Å². The highest BCUT2D eigenvalue weighted by Crippen LogP contribution is 2.31. The molecule has 0 atom stereocenters. The van der Waals surface area contributed by atoms with Gasteiger partial charge in [0.15, 0.2) is 0 Å². The van der Waals surface area contributed by atoms with Crippen molar-refractivity contribution >= 4 is 12.7 Å². The first-order valence-electron chi connectivity index (χ1n) is 5.38. The van der Waals surface area contributed by atoms with Crippen LogP contribution in [-0.2, 0) is 12.9 Å². The lowest BCUT2D eigenvalue weighted by molar-refractivity contribution is 0.468. The predicted octanol–water partition coefficient (Wildman–Crippen LogP) is 3.63. The SMILES string of the molecule is Cc1c(CN)cc(N=[N+]=[N-])c(C)c1C[B-](F)(F)F. The number of nitrogens with two attached hydrogens (primary N) is 1. The van der Waals surface area contributed by atoms with Crippen LogP contribution in [0.25, 0.3) is 10.4 Å². The average Bonchev–Trinajstić information content (AvgIpc) is 2.27. The van der Waals surface area contributed by atoms with Gasteiger partial charge in [-0.25, -0.2) is 0 Å². The molecular formula is C10H13BF3N4-. The lowest BCUT2D eigenvalue weighted by Gasteiger charge is -2.21. The minimum atomic E-state index is -4.94. The highest BCUT2D eigenvalue weighted by atomic mass is 19.4. The summed E-state index contributed by atoms with van der Waals surface area (Å²) in [6.45, 7) is -1.71. The molecule has 0 aliphatic heterocycles. The Morgan fingerprint density at radius 2 is 1.94 bits per heavy atom. The molecule has 0 fully saturated rings. The van der Waals surface area contributed by atoms with Crippen LogP contribution in [0.4, 0.5) is 18.6 Å². The van der Waals surface area contributed by atoms with Crippen LogP contribution in [0.15, 0.2) is 11.2 Å². The Labute approximate surface area is 103 Å². The summed E-state index contributed by atoms with van der Waals surface area (Å²) in [5.41, 5.74) is 15.7. The summed E-state index contributed by atoms with van der Waals surface area (Å²) < 4.78 is 37.7. The zero-order chi connectivity index (χ0) is 13.9. The van der Waals surface area contributed by atoms with Crippen molar-refractivity contribution in [3.63, 3.8) is 0 Å². The topological polar surface area (TPSA) is 74.8 Å². The summed E-state index contributed by atoms with van der Waals surface area (Å²) >= 11 is 0. The maximum atomic E-state index is 12.6. The summed E-state index contributed by atoms with van der Waals surface area (Å²) in [6.07, 6.45) is -0.987. The second-order valence-corrected chi connectivity index (χ2v) is 4.09. The molecule has 1 rings (SSSR count). The highest BCUT2D eigenvalue weighted by molar-refractivity contribution is 6.57. The van der Waals surface area contributed by atoms with Gasteiger partial charge in [0, 0.05) is 17.1 Å². The molecule has 1 aromatic carbocycles. The van der Waals surface area contributed by atoms with Crippen LogP contribution >= 0.6 is 0 Å². The van der Waals surface area contributed by atoms with E-state index in [4.69, 9.17) is 11.3 Å². The standard InChI is InChI=1S/C10H13BF3N4/c1-6-8(5-15)3-10(17-18-16)7(2)9(6)4-11(12,13)14/h3H,4-5,15H2,1-2H3/q-1. The summed E-state index contributed by atoms with van der Waals surface area (Å²) in [4.78, 5) is 2.62. The molecule has 0 bridgehead atoms. The van der Waals surface area contributed by atoms with E-state index in [9.17, 15) is 12.9 Å². The molecule has 18 heavy (non-hydrogen) atoms. The molecule has 0 saturated heterocycles. The van der Waals surface area contributed by atoms with Crippen molar-refractivity contribution in [3.05, 3.63) is 38.8 Å². The first kappa shape index (κ1) is 14.4. The van der Waals surface area contributed by atoms with Crippen molar-refractivity contribution in [1.82, 2.24) is 0 Å². The van der Waals surface area contributed by atoms with Gasteiger partial charge in [0.25, 0.3) is 0 Å². The second kappa shape index (κ2) is 5.33. The van der Waals surface area contributed by atoms with E-state index in [0.29, 0.717) is 16.7 Å². The Morgan fingerprint density at radius 1 is 1.33 bits per heavy atom. The van der Waals surface area contributed by atoms with E-state index < -0.39 is 13.3 Å². The van der Waals surface area contributed by atoms with Gasteiger partial charge in [0.1, 0.15) is 0 Å². The largest absolute Gasteiger partial charge is 0.482 e. The summed E-state index contributed by atoms with van der Waals surface area (Å²) in [5, 5.41) is 3.41. The molecule has 4 nitrogen and oxygen atoms in total. The van der Waals surface area contributed by atoms with Crippen molar-refractivity contribution in [1.29, 1.82) is 0 Å². The van der Waals surface area contributed by atoms with E-state index in [-0.39, 0.29) is 17.8 Å². The van der Waals surface area contributed by atoms with Crippen molar-refractivity contribution < 1.29 is 12.9 Å². The molecule has 0 spiro atoms. The van der Waals surface area contributed by atoms with Gasteiger partial charge in [-0.15, -0.1) is 0 Å². The van der Waals surface area contributed by atoms with Gasteiger partial charge in [0.05, 0.1) is 0 Å². The lowest BCUT2D eigenvalue weighted by atomic mass is 9.77. The van der Waals surface area contributed by atoms with Crippen LogP contribution < -0.4 is 5.73 Å². The third-order valence-corrected chi connectivity index (χ3v) is 2.89. The summed E-state index contributed by atoms with van der Waals surface area (Å²) in [7, 11) is 0. The summed E-state index contributed by atoms with van der Waals surface area (Å²) in [5.74, 6) is 0. The fourth-order valence-electron chi connectivity index (χ4n) is 1.91. The van der Waals surface area contributed by atoms with Crippen molar-refractivity contribution in [3.8, 4) is 0 Å². The fraction of sp³-hybridized carbons (Fsp3) is 0.400. The molecule has 2 N–H and O–H groups in total. The molecule has 0 heterocycles.